The number of aromatic nitrogens is 1. The summed E-state index contributed by atoms with van der Waals surface area (Å²) in [5, 5.41) is 14.2. The van der Waals surface area contributed by atoms with Crippen molar-refractivity contribution in [1.29, 1.82) is 0 Å². The zero-order valence-electron chi connectivity index (χ0n) is 12.0. The number of nitro groups is 1. The third-order valence-corrected chi connectivity index (χ3v) is 4.71. The SMILES string of the molecule is O=C(c1ccc(Cl)cc1[N+](=O)[O-])N1CCN(c2nccs2)CC1. The smallest absolute Gasteiger partial charge is 0.283 e. The van der Waals surface area contributed by atoms with Crippen LogP contribution in [0.4, 0.5) is 10.8 Å². The van der Waals surface area contributed by atoms with Gasteiger partial charge in [0.1, 0.15) is 5.56 Å². The molecule has 1 aliphatic rings. The molecule has 0 unspecified atom stereocenters. The van der Waals surface area contributed by atoms with Crippen molar-refractivity contribution in [2.75, 3.05) is 31.1 Å². The van der Waals surface area contributed by atoms with Gasteiger partial charge in [0.2, 0.25) is 0 Å². The van der Waals surface area contributed by atoms with Gasteiger partial charge in [-0.3, -0.25) is 14.9 Å². The van der Waals surface area contributed by atoms with E-state index >= 15 is 0 Å². The fourth-order valence-corrected chi connectivity index (χ4v) is 3.34. The van der Waals surface area contributed by atoms with Crippen molar-refractivity contribution < 1.29 is 9.72 Å². The number of carbonyl (C=O) groups is 1. The van der Waals surface area contributed by atoms with Gasteiger partial charge in [0, 0.05) is 48.8 Å². The molecular formula is C14H13ClN4O3S. The molecule has 2 heterocycles. The van der Waals surface area contributed by atoms with Crippen molar-refractivity contribution in [3.63, 3.8) is 0 Å². The van der Waals surface area contributed by atoms with Crippen molar-refractivity contribution in [3.05, 3.63) is 50.5 Å². The lowest BCUT2D eigenvalue weighted by Gasteiger charge is -2.34. The molecule has 1 aliphatic heterocycles. The normalized spacial score (nSPS) is 14.8. The van der Waals surface area contributed by atoms with Crippen LogP contribution in [-0.4, -0.2) is 46.9 Å². The lowest BCUT2D eigenvalue weighted by Crippen LogP contribution is -2.48. The maximum Gasteiger partial charge on any atom is 0.283 e. The highest BCUT2D eigenvalue weighted by Gasteiger charge is 2.28. The summed E-state index contributed by atoms with van der Waals surface area (Å²) in [6, 6.07) is 4.12. The van der Waals surface area contributed by atoms with Crippen LogP contribution >= 0.6 is 22.9 Å². The van der Waals surface area contributed by atoms with E-state index < -0.39 is 4.92 Å². The predicted octanol–water partition coefficient (Wildman–Crippen LogP) is 2.67. The number of hydrogen-bond acceptors (Lipinski definition) is 6. The third-order valence-electron chi connectivity index (χ3n) is 3.64. The van der Waals surface area contributed by atoms with Gasteiger partial charge in [-0.05, 0) is 12.1 Å². The summed E-state index contributed by atoms with van der Waals surface area (Å²) in [6.45, 7) is 2.30. The average Bonchev–Trinajstić information content (AvgIpc) is 3.09. The zero-order valence-corrected chi connectivity index (χ0v) is 13.6. The molecule has 0 N–H and O–H groups in total. The third kappa shape index (κ3) is 3.27. The van der Waals surface area contributed by atoms with E-state index in [1.165, 1.54) is 18.2 Å². The monoisotopic (exact) mass is 352 g/mol. The van der Waals surface area contributed by atoms with E-state index in [1.807, 2.05) is 5.38 Å². The Kier molecular flexibility index (Phi) is 4.44. The Morgan fingerprint density at radius 2 is 2.04 bits per heavy atom. The number of thiazole rings is 1. The molecule has 1 amide bonds. The highest BCUT2D eigenvalue weighted by atomic mass is 35.5. The fraction of sp³-hybridized carbons (Fsp3) is 0.286. The lowest BCUT2D eigenvalue weighted by molar-refractivity contribution is -0.385. The largest absolute Gasteiger partial charge is 0.345 e. The summed E-state index contributed by atoms with van der Waals surface area (Å²) in [4.78, 5) is 31.1. The second kappa shape index (κ2) is 6.51. The highest BCUT2D eigenvalue weighted by molar-refractivity contribution is 7.13. The second-order valence-electron chi connectivity index (χ2n) is 5.01. The Morgan fingerprint density at radius 1 is 1.30 bits per heavy atom. The number of nitrogens with zero attached hydrogens (tertiary/aromatic N) is 4. The fourth-order valence-electron chi connectivity index (χ4n) is 2.48. The van der Waals surface area contributed by atoms with Crippen molar-refractivity contribution in [3.8, 4) is 0 Å². The highest BCUT2D eigenvalue weighted by Crippen LogP contribution is 2.25. The predicted molar refractivity (Wildman–Crippen MR) is 88.3 cm³/mol. The Bertz CT molecular complexity index is 730. The molecule has 1 fully saturated rings. The maximum absolute atomic E-state index is 12.6. The van der Waals surface area contributed by atoms with Crippen LogP contribution in [0.5, 0.6) is 0 Å². The summed E-state index contributed by atoms with van der Waals surface area (Å²) in [5.74, 6) is -0.341. The number of anilines is 1. The topological polar surface area (TPSA) is 79.6 Å². The van der Waals surface area contributed by atoms with Crippen molar-refractivity contribution in [2.45, 2.75) is 0 Å². The number of carbonyl (C=O) groups excluding carboxylic acids is 1. The molecular weight excluding hydrogens is 340 g/mol. The average molecular weight is 353 g/mol. The zero-order chi connectivity index (χ0) is 16.4. The van der Waals surface area contributed by atoms with E-state index in [9.17, 15) is 14.9 Å². The first kappa shape index (κ1) is 15.7. The Labute approximate surface area is 141 Å². The molecule has 0 atom stereocenters. The van der Waals surface area contributed by atoms with Crippen LogP contribution in [0.3, 0.4) is 0 Å². The van der Waals surface area contributed by atoms with Gasteiger partial charge < -0.3 is 9.80 Å². The van der Waals surface area contributed by atoms with Crippen LogP contribution in [0.2, 0.25) is 5.02 Å². The minimum absolute atomic E-state index is 0.0714. The lowest BCUT2D eigenvalue weighted by atomic mass is 10.1. The van der Waals surface area contributed by atoms with E-state index in [2.05, 4.69) is 9.88 Å². The summed E-state index contributed by atoms with van der Waals surface area (Å²) in [7, 11) is 0. The van der Waals surface area contributed by atoms with Crippen LogP contribution in [0.1, 0.15) is 10.4 Å². The van der Waals surface area contributed by atoms with Gasteiger partial charge in [-0.1, -0.05) is 11.6 Å². The first-order chi connectivity index (χ1) is 11.1. The Hall–Kier alpha value is -2.19. The van der Waals surface area contributed by atoms with E-state index in [1.54, 1.807) is 22.4 Å². The van der Waals surface area contributed by atoms with Crippen molar-refractivity contribution >= 4 is 39.7 Å². The Morgan fingerprint density at radius 3 is 2.65 bits per heavy atom. The van der Waals surface area contributed by atoms with Crippen LogP contribution in [0, 0.1) is 10.1 Å². The first-order valence-corrected chi connectivity index (χ1v) is 8.19. The van der Waals surface area contributed by atoms with Crippen molar-refractivity contribution in [1.82, 2.24) is 9.88 Å². The van der Waals surface area contributed by atoms with Gasteiger partial charge >= 0.3 is 0 Å². The van der Waals surface area contributed by atoms with Gasteiger partial charge in [-0.15, -0.1) is 11.3 Å². The van der Waals surface area contributed by atoms with Gasteiger partial charge in [-0.2, -0.15) is 0 Å². The summed E-state index contributed by atoms with van der Waals surface area (Å²) in [5.41, 5.74) is -0.188. The van der Waals surface area contributed by atoms with Crippen LogP contribution in [-0.2, 0) is 0 Å². The molecule has 1 aromatic carbocycles. The molecule has 0 saturated carbocycles. The molecule has 1 saturated heterocycles. The molecule has 1 aromatic heterocycles. The molecule has 0 bridgehead atoms. The standard InChI is InChI=1S/C14H13ClN4O3S/c15-10-1-2-11(12(9-10)19(21)22)13(20)17-4-6-18(7-5-17)14-16-3-8-23-14/h1-3,8-9H,4-7H2. The van der Waals surface area contributed by atoms with Gasteiger partial charge in [0.25, 0.3) is 11.6 Å². The van der Waals surface area contributed by atoms with Gasteiger partial charge in [0.15, 0.2) is 5.13 Å². The molecule has 23 heavy (non-hydrogen) atoms. The van der Waals surface area contributed by atoms with E-state index in [0.29, 0.717) is 26.2 Å². The van der Waals surface area contributed by atoms with Crippen LogP contribution in [0.15, 0.2) is 29.8 Å². The number of piperazine rings is 1. The van der Waals surface area contributed by atoms with Crippen molar-refractivity contribution in [2.24, 2.45) is 0 Å². The van der Waals surface area contributed by atoms with E-state index in [0.717, 1.165) is 5.13 Å². The number of nitro benzene ring substituents is 1. The summed E-state index contributed by atoms with van der Waals surface area (Å²) in [6.07, 6.45) is 1.74. The quantitative estimate of drug-likeness (QED) is 0.626. The summed E-state index contributed by atoms with van der Waals surface area (Å²) < 4.78 is 0. The number of hydrogen-bond donors (Lipinski definition) is 0. The Balaban J connectivity index is 1.74. The van der Waals surface area contributed by atoms with Gasteiger partial charge in [0.05, 0.1) is 4.92 Å². The summed E-state index contributed by atoms with van der Waals surface area (Å²) >= 11 is 7.34. The molecule has 0 radical (unpaired) electrons. The first-order valence-electron chi connectivity index (χ1n) is 6.94. The van der Waals surface area contributed by atoms with Gasteiger partial charge in [-0.25, -0.2) is 4.98 Å². The number of rotatable bonds is 3. The number of benzene rings is 1. The molecule has 0 aliphatic carbocycles. The minimum Gasteiger partial charge on any atom is -0.345 e. The second-order valence-corrected chi connectivity index (χ2v) is 6.32. The molecule has 120 valence electrons. The molecule has 7 nitrogen and oxygen atoms in total. The molecule has 3 rings (SSSR count). The number of amides is 1. The number of halogens is 1. The van der Waals surface area contributed by atoms with Crippen LogP contribution in [0.25, 0.3) is 0 Å². The molecule has 9 heteroatoms. The maximum atomic E-state index is 12.6. The van der Waals surface area contributed by atoms with Crippen LogP contribution < -0.4 is 4.90 Å². The van der Waals surface area contributed by atoms with E-state index in [4.69, 9.17) is 11.6 Å². The molecule has 0 spiro atoms. The molecule has 2 aromatic rings. The minimum atomic E-state index is -0.578. The van der Waals surface area contributed by atoms with E-state index in [-0.39, 0.29) is 22.2 Å².